The molecule has 0 bridgehead atoms. The number of likely N-dealkylation sites (N-methyl/N-ethyl adjacent to an activating group) is 1. The molecule has 1 fully saturated rings. The van der Waals surface area contributed by atoms with E-state index in [1.807, 2.05) is 0 Å². The van der Waals surface area contributed by atoms with Gasteiger partial charge in [0.15, 0.2) is 11.6 Å². The van der Waals surface area contributed by atoms with Gasteiger partial charge in [-0.3, -0.25) is 14.4 Å². The number of rotatable bonds is 2. The highest BCUT2D eigenvalue weighted by Crippen LogP contribution is 2.52. The number of carbonyl (C=O) groups excluding carboxylic acids is 3. The number of aromatic hydroxyl groups is 1. The summed E-state index contributed by atoms with van der Waals surface area (Å²) in [5.74, 6) is -6.34. The van der Waals surface area contributed by atoms with E-state index in [9.17, 15) is 34.8 Å². The summed E-state index contributed by atoms with van der Waals surface area (Å²) in [6.45, 7) is 0. The molecule has 0 saturated heterocycles. The van der Waals surface area contributed by atoms with Gasteiger partial charge in [-0.05, 0) is 30.4 Å². The van der Waals surface area contributed by atoms with Gasteiger partial charge in [0.1, 0.15) is 22.8 Å². The van der Waals surface area contributed by atoms with Crippen molar-refractivity contribution < 1.29 is 63.3 Å². The van der Waals surface area contributed by atoms with Crippen LogP contribution in [-0.4, -0.2) is 75.2 Å². The Hall–Kier alpha value is -2.44. The lowest BCUT2D eigenvalue weighted by molar-refractivity contribution is -0.891. The Bertz CT molecular complexity index is 1120. The minimum absolute atomic E-state index is 0. The van der Waals surface area contributed by atoms with Gasteiger partial charge in [-0.15, -0.1) is 0 Å². The van der Waals surface area contributed by atoms with Crippen molar-refractivity contribution >= 4 is 23.2 Å². The number of fused-ring (bicyclic) bond motifs is 3. The third-order valence-electron chi connectivity index (χ3n) is 6.74. The molecule has 0 unspecified atom stereocenters. The molecule has 6 N–H and O–H groups in total. The molecule has 1 saturated carbocycles. The Balaban J connectivity index is 0.00000289. The van der Waals surface area contributed by atoms with Crippen molar-refractivity contribution in [1.82, 2.24) is 0 Å². The first kappa shape index (κ1) is 24.2. The molecular formula is C22H25IN2O7. The smallest absolute Gasteiger partial charge is 0.256 e. The molecule has 0 aliphatic heterocycles. The van der Waals surface area contributed by atoms with Crippen LogP contribution in [0.1, 0.15) is 17.5 Å². The van der Waals surface area contributed by atoms with Crippen molar-refractivity contribution in [2.24, 2.45) is 17.6 Å². The number of carbonyl (C=O) groups is 3. The molecule has 9 nitrogen and oxygen atoms in total. The van der Waals surface area contributed by atoms with Crippen LogP contribution in [0.5, 0.6) is 5.75 Å². The number of aliphatic hydroxyl groups excluding tert-OH is 2. The van der Waals surface area contributed by atoms with Crippen molar-refractivity contribution in [2.75, 3.05) is 21.1 Å². The fourth-order valence-corrected chi connectivity index (χ4v) is 5.48. The van der Waals surface area contributed by atoms with Crippen LogP contribution in [0.2, 0.25) is 0 Å². The number of aliphatic hydroxyl groups is 3. The van der Waals surface area contributed by atoms with Crippen molar-refractivity contribution in [1.29, 1.82) is 0 Å². The molecule has 1 amide bonds. The number of benzene rings is 1. The van der Waals surface area contributed by atoms with Crippen LogP contribution in [0.15, 0.2) is 35.1 Å². The maximum atomic E-state index is 13.6. The van der Waals surface area contributed by atoms with E-state index in [1.54, 1.807) is 33.3 Å². The SMILES string of the molecule is C[N+](C)(C)[C@@H]1C(=O)C(C(N)=O)=C(O)[C@@]2(O)C(=O)C3=C(O)c4c(O)cccc4C[C@H]3C[C@@H]12.[I-]. The van der Waals surface area contributed by atoms with Crippen molar-refractivity contribution in [3.63, 3.8) is 0 Å². The van der Waals surface area contributed by atoms with E-state index in [-0.39, 0.29) is 51.8 Å². The highest BCUT2D eigenvalue weighted by molar-refractivity contribution is 6.24. The fraction of sp³-hybridized carbons (Fsp3) is 0.409. The quantitative estimate of drug-likeness (QED) is 0.149. The third-order valence-corrected chi connectivity index (χ3v) is 6.74. The largest absolute Gasteiger partial charge is 1.00 e. The summed E-state index contributed by atoms with van der Waals surface area (Å²) in [6, 6.07) is 3.69. The van der Waals surface area contributed by atoms with Gasteiger partial charge in [0, 0.05) is 5.57 Å². The highest BCUT2D eigenvalue weighted by atomic mass is 127. The number of nitrogens with zero attached hydrogens (tertiary/aromatic N) is 1. The summed E-state index contributed by atoms with van der Waals surface area (Å²) in [4.78, 5) is 38.7. The second-order valence-electron chi connectivity index (χ2n) is 9.43. The molecule has 1 aromatic carbocycles. The molecule has 3 aliphatic carbocycles. The second-order valence-corrected chi connectivity index (χ2v) is 9.43. The second kappa shape index (κ2) is 7.56. The lowest BCUT2D eigenvalue weighted by Gasteiger charge is -2.51. The number of quaternary nitrogens is 1. The number of phenols is 1. The Morgan fingerprint density at radius 3 is 2.34 bits per heavy atom. The maximum absolute atomic E-state index is 13.6. The predicted octanol–water partition coefficient (Wildman–Crippen LogP) is -2.89. The van der Waals surface area contributed by atoms with E-state index < -0.39 is 58.0 Å². The number of primary amides is 1. The van der Waals surface area contributed by atoms with E-state index >= 15 is 0 Å². The number of hydrogen-bond donors (Lipinski definition) is 5. The standard InChI is InChI=1S/C22H24N2O7.HI/c1-24(2,3)16-11-8-10-7-9-5-4-6-12(25)13(9)17(26)14(10)19(28)22(11,31)20(29)15(18(16)27)21(23)30;/h4-6,10-11,16,31H,7-8H2,1-3H3,(H4-,23,25,26,27,28,29,30);1H/t10-,11-,16-,22-;/m0./s1. The number of Topliss-reactive ketones (excluding diaryl/α,β-unsaturated/α-hetero) is 2. The predicted molar refractivity (Wildman–Crippen MR) is 109 cm³/mol. The van der Waals surface area contributed by atoms with Gasteiger partial charge < -0.3 is 54.6 Å². The van der Waals surface area contributed by atoms with Crippen LogP contribution in [-0.2, 0) is 20.8 Å². The van der Waals surface area contributed by atoms with Gasteiger partial charge in [0.25, 0.3) is 5.91 Å². The van der Waals surface area contributed by atoms with Crippen LogP contribution in [0, 0.1) is 11.8 Å². The number of hydrogen-bond acceptors (Lipinski definition) is 7. The summed E-state index contributed by atoms with van der Waals surface area (Å²) in [5, 5.41) is 43.4. The Morgan fingerprint density at radius 2 is 1.78 bits per heavy atom. The third kappa shape index (κ3) is 3.07. The van der Waals surface area contributed by atoms with E-state index in [2.05, 4.69) is 0 Å². The summed E-state index contributed by atoms with van der Waals surface area (Å²) < 4.78 is -0.0156. The van der Waals surface area contributed by atoms with Gasteiger partial charge in [0.2, 0.25) is 11.6 Å². The van der Waals surface area contributed by atoms with Crippen LogP contribution < -0.4 is 29.7 Å². The average molecular weight is 556 g/mol. The molecule has 4 atom stereocenters. The molecule has 10 heteroatoms. The van der Waals surface area contributed by atoms with E-state index in [1.165, 1.54) is 6.07 Å². The monoisotopic (exact) mass is 556 g/mol. The first-order valence-electron chi connectivity index (χ1n) is 9.92. The molecular weight excluding hydrogens is 531 g/mol. The molecule has 0 spiro atoms. The molecule has 172 valence electrons. The van der Waals surface area contributed by atoms with Gasteiger partial charge in [-0.25, -0.2) is 0 Å². The Morgan fingerprint density at radius 1 is 1.16 bits per heavy atom. The van der Waals surface area contributed by atoms with Crippen LogP contribution in [0.4, 0.5) is 0 Å². The Labute approximate surface area is 201 Å². The number of phenolic OH excluding ortho intramolecular Hbond substituents is 1. The maximum Gasteiger partial charge on any atom is 0.256 e. The van der Waals surface area contributed by atoms with E-state index in [0.29, 0.717) is 12.0 Å². The Kier molecular flexibility index (Phi) is 5.72. The van der Waals surface area contributed by atoms with E-state index in [0.717, 1.165) is 0 Å². The molecule has 1 aromatic rings. The number of halogens is 1. The molecule has 3 aliphatic rings. The number of ketones is 2. The minimum atomic E-state index is -2.60. The first-order valence-corrected chi connectivity index (χ1v) is 9.92. The summed E-state index contributed by atoms with van der Waals surface area (Å²) in [6.07, 6.45) is 0.394. The number of nitrogens with two attached hydrogens (primary N) is 1. The average Bonchev–Trinajstić information content (AvgIpc) is 2.63. The van der Waals surface area contributed by atoms with E-state index in [4.69, 9.17) is 5.73 Å². The van der Waals surface area contributed by atoms with Crippen molar-refractivity contribution in [3.8, 4) is 5.75 Å². The van der Waals surface area contributed by atoms with Gasteiger partial charge >= 0.3 is 0 Å². The molecule has 0 aromatic heterocycles. The highest BCUT2D eigenvalue weighted by Gasteiger charge is 2.66. The lowest BCUT2D eigenvalue weighted by atomic mass is 9.57. The zero-order chi connectivity index (χ0) is 23.0. The molecule has 32 heavy (non-hydrogen) atoms. The van der Waals surface area contributed by atoms with Gasteiger partial charge in [-0.2, -0.15) is 0 Å². The normalized spacial score (nSPS) is 29.7. The first-order chi connectivity index (χ1) is 14.3. The van der Waals surface area contributed by atoms with Crippen LogP contribution in [0.3, 0.4) is 0 Å². The topological polar surface area (TPSA) is 158 Å². The minimum Gasteiger partial charge on any atom is -1.00 e. The zero-order valence-corrected chi connectivity index (χ0v) is 20.0. The fourth-order valence-electron chi connectivity index (χ4n) is 5.48. The van der Waals surface area contributed by atoms with Crippen LogP contribution >= 0.6 is 0 Å². The summed E-state index contributed by atoms with van der Waals surface area (Å²) in [5.41, 5.74) is 2.50. The summed E-state index contributed by atoms with van der Waals surface area (Å²) in [7, 11) is 5.06. The van der Waals surface area contributed by atoms with Crippen molar-refractivity contribution in [3.05, 3.63) is 46.2 Å². The number of amides is 1. The summed E-state index contributed by atoms with van der Waals surface area (Å²) >= 11 is 0. The molecule has 0 heterocycles. The lowest BCUT2D eigenvalue weighted by Crippen LogP contribution is -3.00. The van der Waals surface area contributed by atoms with Crippen LogP contribution in [0.25, 0.3) is 5.76 Å². The molecule has 4 rings (SSSR count). The zero-order valence-electron chi connectivity index (χ0n) is 17.8. The van der Waals surface area contributed by atoms with Gasteiger partial charge in [0.05, 0.1) is 32.6 Å². The van der Waals surface area contributed by atoms with Crippen molar-refractivity contribution in [2.45, 2.75) is 24.5 Å². The molecule has 0 radical (unpaired) electrons. The van der Waals surface area contributed by atoms with Gasteiger partial charge in [-0.1, -0.05) is 12.1 Å².